The molecule has 1 heterocycles. The first-order valence-electron chi connectivity index (χ1n) is 6.54. The van der Waals surface area contributed by atoms with E-state index in [1.54, 1.807) is 7.11 Å². The minimum absolute atomic E-state index is 0.824. The van der Waals surface area contributed by atoms with Gasteiger partial charge in [-0.3, -0.25) is 0 Å². The highest BCUT2D eigenvalue weighted by atomic mass is 16.7. The number of nitrogens with two attached hydrogens (primary N) is 2. The maximum atomic E-state index is 5.28. The number of nitrogens with zero attached hydrogens (tertiary/aromatic N) is 1. The highest BCUT2D eigenvalue weighted by molar-refractivity contribution is 4.55. The van der Waals surface area contributed by atoms with Crippen LogP contribution in [0.1, 0.15) is 44.9 Å². The normalized spacial score (nSPS) is 16.7. The molecule has 0 amide bonds. The molecule has 1 aliphatic heterocycles. The standard InChI is InChI=1S/C6H16N2.C6H13NO/c7-5-3-1-2-4-6-8;1-8-7-5-3-2-4-6-7/h1-8H2;2-6H2,1H3. The van der Waals surface area contributed by atoms with Crippen molar-refractivity contribution in [3.8, 4) is 0 Å². The van der Waals surface area contributed by atoms with Crippen molar-refractivity contribution < 1.29 is 4.84 Å². The summed E-state index contributed by atoms with van der Waals surface area (Å²) in [6.07, 6.45) is 8.77. The van der Waals surface area contributed by atoms with Gasteiger partial charge in [-0.2, -0.15) is 5.06 Å². The molecule has 0 bridgehead atoms. The summed E-state index contributed by atoms with van der Waals surface area (Å²) in [6.45, 7) is 3.89. The van der Waals surface area contributed by atoms with Crippen LogP contribution in [0.4, 0.5) is 0 Å². The van der Waals surface area contributed by atoms with Gasteiger partial charge in [-0.1, -0.05) is 19.3 Å². The van der Waals surface area contributed by atoms with E-state index in [-0.39, 0.29) is 0 Å². The molecule has 0 spiro atoms. The van der Waals surface area contributed by atoms with Gasteiger partial charge in [0.05, 0.1) is 7.11 Å². The van der Waals surface area contributed by atoms with Crippen molar-refractivity contribution in [2.45, 2.75) is 44.9 Å². The number of hydroxylamine groups is 2. The van der Waals surface area contributed by atoms with Gasteiger partial charge in [-0.15, -0.1) is 0 Å². The zero-order valence-electron chi connectivity index (χ0n) is 10.8. The van der Waals surface area contributed by atoms with Crippen LogP contribution in [-0.4, -0.2) is 38.4 Å². The van der Waals surface area contributed by atoms with Gasteiger partial charge in [0, 0.05) is 13.1 Å². The number of hydrogen-bond acceptors (Lipinski definition) is 4. The fourth-order valence-electron chi connectivity index (χ4n) is 1.69. The van der Waals surface area contributed by atoms with Crippen LogP contribution < -0.4 is 11.5 Å². The second-order valence-corrected chi connectivity index (χ2v) is 4.16. The lowest BCUT2D eigenvalue weighted by molar-refractivity contribution is -0.141. The molecule has 1 aliphatic rings. The van der Waals surface area contributed by atoms with Gasteiger partial charge in [0.1, 0.15) is 0 Å². The molecule has 0 aromatic heterocycles. The Labute approximate surface area is 100 Å². The van der Waals surface area contributed by atoms with E-state index in [2.05, 4.69) is 0 Å². The van der Waals surface area contributed by atoms with Crippen molar-refractivity contribution in [3.63, 3.8) is 0 Å². The molecule has 0 unspecified atom stereocenters. The van der Waals surface area contributed by atoms with Crippen LogP contribution in [0.25, 0.3) is 0 Å². The number of unbranched alkanes of at least 4 members (excludes halogenated alkanes) is 3. The Bertz CT molecular complexity index is 121. The van der Waals surface area contributed by atoms with Crippen molar-refractivity contribution >= 4 is 0 Å². The van der Waals surface area contributed by atoms with Crippen molar-refractivity contribution in [1.82, 2.24) is 5.06 Å². The lowest BCUT2D eigenvalue weighted by Gasteiger charge is -2.23. The van der Waals surface area contributed by atoms with E-state index in [4.69, 9.17) is 16.3 Å². The molecule has 4 nitrogen and oxygen atoms in total. The first kappa shape index (κ1) is 15.8. The van der Waals surface area contributed by atoms with Gasteiger partial charge in [0.25, 0.3) is 0 Å². The Morgan fingerprint density at radius 3 is 1.69 bits per heavy atom. The molecule has 1 fully saturated rings. The summed E-state index contributed by atoms with van der Waals surface area (Å²) in [4.78, 5) is 5.02. The molecule has 0 atom stereocenters. The Kier molecular flexibility index (Phi) is 12.8. The van der Waals surface area contributed by atoms with E-state index in [9.17, 15) is 0 Å². The molecule has 0 aliphatic carbocycles. The minimum atomic E-state index is 0.824. The Hall–Kier alpha value is -0.160. The average Bonchev–Trinajstić information content (AvgIpc) is 2.36. The molecule has 0 aromatic carbocycles. The molecule has 1 rings (SSSR count). The average molecular weight is 231 g/mol. The van der Waals surface area contributed by atoms with Crippen LogP contribution in [0.15, 0.2) is 0 Å². The zero-order chi connectivity index (χ0) is 12.1. The third-order valence-corrected chi connectivity index (χ3v) is 2.73. The maximum Gasteiger partial charge on any atom is 0.0575 e. The predicted molar refractivity (Wildman–Crippen MR) is 69.0 cm³/mol. The first-order chi connectivity index (χ1) is 7.85. The van der Waals surface area contributed by atoms with Crippen LogP contribution in [-0.2, 0) is 4.84 Å². The van der Waals surface area contributed by atoms with Crippen molar-refractivity contribution in [1.29, 1.82) is 0 Å². The van der Waals surface area contributed by atoms with E-state index in [0.29, 0.717) is 0 Å². The second kappa shape index (κ2) is 12.9. The summed E-state index contributed by atoms with van der Waals surface area (Å²) in [5, 5.41) is 2.02. The fraction of sp³-hybridized carbons (Fsp3) is 1.00. The number of hydrogen-bond donors (Lipinski definition) is 2. The van der Waals surface area contributed by atoms with Crippen molar-refractivity contribution in [3.05, 3.63) is 0 Å². The molecule has 4 heteroatoms. The summed E-state index contributed by atoms with van der Waals surface area (Å²) in [5.41, 5.74) is 10.6. The van der Waals surface area contributed by atoms with Crippen LogP contribution >= 0.6 is 0 Å². The molecule has 0 aromatic rings. The molecule has 98 valence electrons. The second-order valence-electron chi connectivity index (χ2n) is 4.16. The van der Waals surface area contributed by atoms with Gasteiger partial charge in [0.2, 0.25) is 0 Å². The van der Waals surface area contributed by atoms with E-state index >= 15 is 0 Å². The molecule has 1 saturated heterocycles. The van der Waals surface area contributed by atoms with E-state index in [1.807, 2.05) is 5.06 Å². The van der Waals surface area contributed by atoms with E-state index in [0.717, 1.165) is 39.0 Å². The smallest absolute Gasteiger partial charge is 0.0575 e. The minimum Gasteiger partial charge on any atom is -0.330 e. The highest BCUT2D eigenvalue weighted by Gasteiger charge is 2.06. The van der Waals surface area contributed by atoms with Crippen LogP contribution in [0.5, 0.6) is 0 Å². The number of rotatable bonds is 6. The van der Waals surface area contributed by atoms with Crippen molar-refractivity contribution in [2.24, 2.45) is 11.5 Å². The lowest BCUT2D eigenvalue weighted by Crippen LogP contribution is -2.28. The van der Waals surface area contributed by atoms with Gasteiger partial charge < -0.3 is 16.3 Å². The molecule has 0 radical (unpaired) electrons. The Balaban J connectivity index is 0.000000281. The van der Waals surface area contributed by atoms with Gasteiger partial charge in [-0.05, 0) is 38.8 Å². The van der Waals surface area contributed by atoms with Gasteiger partial charge in [0.15, 0.2) is 0 Å². The van der Waals surface area contributed by atoms with E-state index < -0.39 is 0 Å². The monoisotopic (exact) mass is 231 g/mol. The summed E-state index contributed by atoms with van der Waals surface area (Å²) < 4.78 is 0. The predicted octanol–water partition coefficient (Wildman–Crippen LogP) is 1.50. The van der Waals surface area contributed by atoms with Crippen LogP contribution in [0.2, 0.25) is 0 Å². The summed E-state index contributed by atoms with van der Waals surface area (Å²) in [7, 11) is 1.74. The summed E-state index contributed by atoms with van der Waals surface area (Å²) in [5.74, 6) is 0. The molecule has 16 heavy (non-hydrogen) atoms. The summed E-state index contributed by atoms with van der Waals surface area (Å²) in [6, 6.07) is 0. The maximum absolute atomic E-state index is 5.28. The SMILES string of the molecule is CON1CCCCC1.NCCCCCCN. The largest absolute Gasteiger partial charge is 0.330 e. The first-order valence-corrected chi connectivity index (χ1v) is 6.54. The molecule has 0 saturated carbocycles. The molecular weight excluding hydrogens is 202 g/mol. The molecular formula is C12H29N3O. The molecule has 4 N–H and O–H groups in total. The van der Waals surface area contributed by atoms with Crippen LogP contribution in [0.3, 0.4) is 0 Å². The lowest BCUT2D eigenvalue weighted by atomic mass is 10.2. The fourth-order valence-corrected chi connectivity index (χ4v) is 1.69. The van der Waals surface area contributed by atoms with Gasteiger partial charge in [-0.25, -0.2) is 0 Å². The quantitative estimate of drug-likeness (QED) is 0.680. The Morgan fingerprint density at radius 2 is 1.38 bits per heavy atom. The topological polar surface area (TPSA) is 64.5 Å². The zero-order valence-corrected chi connectivity index (χ0v) is 10.8. The highest BCUT2D eigenvalue weighted by Crippen LogP contribution is 2.07. The summed E-state index contributed by atoms with van der Waals surface area (Å²) >= 11 is 0. The Morgan fingerprint density at radius 1 is 0.875 bits per heavy atom. The third kappa shape index (κ3) is 10.4. The van der Waals surface area contributed by atoms with Crippen LogP contribution in [0, 0.1) is 0 Å². The van der Waals surface area contributed by atoms with Crippen molar-refractivity contribution in [2.75, 3.05) is 33.3 Å². The number of piperidine rings is 1. The third-order valence-electron chi connectivity index (χ3n) is 2.73. The van der Waals surface area contributed by atoms with E-state index in [1.165, 1.54) is 32.1 Å². The van der Waals surface area contributed by atoms with Gasteiger partial charge >= 0.3 is 0 Å².